The summed E-state index contributed by atoms with van der Waals surface area (Å²) >= 11 is 0. The maximum absolute atomic E-state index is 12.9. The lowest BCUT2D eigenvalue weighted by atomic mass is 9.98. The number of hydrogen-bond donors (Lipinski definition) is 0. The number of benzene rings is 3. The molecule has 0 aromatic heterocycles. The minimum atomic E-state index is -0.589. The van der Waals surface area contributed by atoms with E-state index in [0.717, 1.165) is 12.0 Å². The van der Waals surface area contributed by atoms with Crippen molar-refractivity contribution in [3.63, 3.8) is 0 Å². The van der Waals surface area contributed by atoms with Crippen LogP contribution in [-0.4, -0.2) is 36.2 Å². The van der Waals surface area contributed by atoms with Crippen LogP contribution in [-0.2, 0) is 20.9 Å². The molecule has 1 aliphatic carbocycles. The molecular formula is C27H25NO4. The Labute approximate surface area is 187 Å². The summed E-state index contributed by atoms with van der Waals surface area (Å²) in [7, 11) is 0. The Morgan fingerprint density at radius 2 is 1.44 bits per heavy atom. The van der Waals surface area contributed by atoms with Crippen LogP contribution in [0.25, 0.3) is 11.1 Å². The highest BCUT2D eigenvalue weighted by atomic mass is 16.6. The smallest absolute Gasteiger partial charge is 0.410 e. The van der Waals surface area contributed by atoms with Crippen molar-refractivity contribution in [2.75, 3.05) is 13.2 Å². The van der Waals surface area contributed by atoms with E-state index in [2.05, 4.69) is 24.3 Å². The van der Waals surface area contributed by atoms with Gasteiger partial charge in [0.2, 0.25) is 0 Å². The van der Waals surface area contributed by atoms with E-state index in [1.165, 1.54) is 27.2 Å². The molecular weight excluding hydrogens is 402 g/mol. The van der Waals surface area contributed by atoms with Gasteiger partial charge in [-0.2, -0.15) is 0 Å². The number of esters is 1. The molecule has 32 heavy (non-hydrogen) atoms. The van der Waals surface area contributed by atoms with E-state index in [4.69, 9.17) is 9.47 Å². The molecule has 0 N–H and O–H groups in total. The quantitative estimate of drug-likeness (QED) is 0.529. The molecule has 3 aromatic rings. The third-order valence-corrected chi connectivity index (χ3v) is 6.32. The van der Waals surface area contributed by atoms with Gasteiger partial charge in [-0.15, -0.1) is 0 Å². The lowest BCUT2D eigenvalue weighted by Gasteiger charge is -2.24. The topological polar surface area (TPSA) is 55.8 Å². The minimum absolute atomic E-state index is 0.00237. The maximum Gasteiger partial charge on any atom is 0.410 e. The van der Waals surface area contributed by atoms with E-state index in [0.29, 0.717) is 13.0 Å². The van der Waals surface area contributed by atoms with Gasteiger partial charge in [-0.1, -0.05) is 78.9 Å². The molecule has 5 rings (SSSR count). The van der Waals surface area contributed by atoms with Crippen molar-refractivity contribution in [2.24, 2.45) is 0 Å². The van der Waals surface area contributed by atoms with Gasteiger partial charge in [0.1, 0.15) is 19.3 Å². The molecule has 0 saturated carbocycles. The predicted molar refractivity (Wildman–Crippen MR) is 121 cm³/mol. The van der Waals surface area contributed by atoms with Crippen molar-refractivity contribution >= 4 is 12.1 Å². The van der Waals surface area contributed by atoms with Crippen molar-refractivity contribution in [2.45, 2.75) is 31.4 Å². The molecule has 0 bridgehead atoms. The van der Waals surface area contributed by atoms with E-state index in [-0.39, 0.29) is 25.1 Å². The fourth-order valence-electron chi connectivity index (χ4n) is 4.73. The average molecular weight is 428 g/mol. The van der Waals surface area contributed by atoms with Gasteiger partial charge in [-0.25, -0.2) is 9.59 Å². The summed E-state index contributed by atoms with van der Waals surface area (Å²) in [5, 5.41) is 0. The molecule has 0 unspecified atom stereocenters. The SMILES string of the molecule is O=C(OCc1ccccc1)[C@@H]1CCCN1C(=O)OCC1c2ccccc2-c2ccccc21. The number of carbonyl (C=O) groups excluding carboxylic acids is 2. The number of carbonyl (C=O) groups is 2. The van der Waals surface area contributed by atoms with Gasteiger partial charge in [-0.05, 0) is 40.7 Å². The van der Waals surface area contributed by atoms with Crippen molar-refractivity contribution in [1.29, 1.82) is 0 Å². The molecule has 1 atom stereocenters. The highest BCUT2D eigenvalue weighted by molar-refractivity contribution is 5.82. The third kappa shape index (κ3) is 3.86. The van der Waals surface area contributed by atoms with Crippen LogP contribution in [0.1, 0.15) is 35.4 Å². The fourth-order valence-corrected chi connectivity index (χ4v) is 4.73. The lowest BCUT2D eigenvalue weighted by Crippen LogP contribution is -2.42. The molecule has 1 saturated heterocycles. The van der Waals surface area contributed by atoms with Crippen LogP contribution in [0.3, 0.4) is 0 Å². The third-order valence-electron chi connectivity index (χ3n) is 6.32. The average Bonchev–Trinajstić information content (AvgIpc) is 3.45. The van der Waals surface area contributed by atoms with Crippen LogP contribution in [0.5, 0.6) is 0 Å². The van der Waals surface area contributed by atoms with E-state index in [1.54, 1.807) is 0 Å². The molecule has 0 radical (unpaired) electrons. The molecule has 3 aromatic carbocycles. The van der Waals surface area contributed by atoms with Gasteiger partial charge in [0.25, 0.3) is 0 Å². The molecule has 162 valence electrons. The number of likely N-dealkylation sites (tertiary alicyclic amines) is 1. The Hall–Kier alpha value is -3.60. The van der Waals surface area contributed by atoms with Crippen LogP contribution >= 0.6 is 0 Å². The number of fused-ring (bicyclic) bond motifs is 3. The van der Waals surface area contributed by atoms with Crippen LogP contribution < -0.4 is 0 Å². The molecule has 1 amide bonds. The largest absolute Gasteiger partial charge is 0.459 e. The van der Waals surface area contributed by atoms with E-state index in [9.17, 15) is 9.59 Å². The summed E-state index contributed by atoms with van der Waals surface area (Å²) < 4.78 is 11.2. The summed E-state index contributed by atoms with van der Waals surface area (Å²) in [6.45, 7) is 0.950. The normalized spacial score (nSPS) is 17.0. The van der Waals surface area contributed by atoms with Gasteiger partial charge in [0.05, 0.1) is 0 Å². The minimum Gasteiger partial charge on any atom is -0.459 e. The van der Waals surface area contributed by atoms with Crippen LogP contribution in [0.15, 0.2) is 78.9 Å². The summed E-state index contributed by atoms with van der Waals surface area (Å²) in [6, 6.07) is 25.4. The summed E-state index contributed by atoms with van der Waals surface area (Å²) in [5.41, 5.74) is 5.63. The predicted octanol–water partition coefficient (Wildman–Crippen LogP) is 5.14. The van der Waals surface area contributed by atoms with Gasteiger partial charge in [-0.3, -0.25) is 4.90 Å². The van der Waals surface area contributed by atoms with Crippen LogP contribution in [0.2, 0.25) is 0 Å². The van der Waals surface area contributed by atoms with Gasteiger partial charge < -0.3 is 9.47 Å². The summed E-state index contributed by atoms with van der Waals surface area (Å²) in [5.74, 6) is -0.378. The number of ether oxygens (including phenoxy) is 2. The Balaban J connectivity index is 1.23. The first-order chi connectivity index (χ1) is 15.7. The van der Waals surface area contributed by atoms with Crippen molar-refractivity contribution in [3.8, 4) is 11.1 Å². The molecule has 1 fully saturated rings. The first-order valence-electron chi connectivity index (χ1n) is 11.0. The summed E-state index contributed by atoms with van der Waals surface area (Å²) in [6.07, 6.45) is 0.902. The molecule has 5 nitrogen and oxygen atoms in total. The molecule has 1 heterocycles. The second kappa shape index (κ2) is 8.87. The van der Waals surface area contributed by atoms with Gasteiger partial charge in [0.15, 0.2) is 0 Å². The number of hydrogen-bond acceptors (Lipinski definition) is 4. The Kier molecular flexibility index (Phi) is 5.63. The number of amides is 1. The lowest BCUT2D eigenvalue weighted by molar-refractivity contribution is -0.149. The van der Waals surface area contributed by atoms with Gasteiger partial charge >= 0.3 is 12.1 Å². The zero-order chi connectivity index (χ0) is 21.9. The standard InChI is InChI=1S/C27H25NO4/c29-26(31-17-19-9-2-1-3-10-19)25-15-8-16-28(25)27(30)32-18-24-22-13-6-4-11-20(22)21-12-5-7-14-23(21)24/h1-7,9-14,24-25H,8,15-18H2/t25-/m0/s1. The first kappa shape index (κ1) is 20.3. The molecule has 2 aliphatic rings. The van der Waals surface area contributed by atoms with Gasteiger partial charge in [0, 0.05) is 12.5 Å². The van der Waals surface area contributed by atoms with Crippen molar-refractivity contribution in [3.05, 3.63) is 95.6 Å². The maximum atomic E-state index is 12.9. The second-order valence-electron chi connectivity index (χ2n) is 8.25. The van der Waals surface area contributed by atoms with Crippen LogP contribution in [0, 0.1) is 0 Å². The van der Waals surface area contributed by atoms with E-state index < -0.39 is 12.1 Å². The zero-order valence-electron chi connectivity index (χ0n) is 17.8. The molecule has 0 spiro atoms. The highest BCUT2D eigenvalue weighted by Crippen LogP contribution is 2.44. The monoisotopic (exact) mass is 427 g/mol. The van der Waals surface area contributed by atoms with Crippen molar-refractivity contribution in [1.82, 2.24) is 4.90 Å². The number of nitrogens with zero attached hydrogens (tertiary/aromatic N) is 1. The second-order valence-corrected chi connectivity index (χ2v) is 8.25. The summed E-state index contributed by atoms with van der Waals surface area (Å²) in [4.78, 5) is 27.1. The van der Waals surface area contributed by atoms with Crippen LogP contribution in [0.4, 0.5) is 4.79 Å². The zero-order valence-corrected chi connectivity index (χ0v) is 17.8. The fraction of sp³-hybridized carbons (Fsp3) is 0.259. The van der Waals surface area contributed by atoms with Crippen molar-refractivity contribution < 1.29 is 19.1 Å². The number of rotatable bonds is 5. The first-order valence-corrected chi connectivity index (χ1v) is 11.0. The Morgan fingerprint density at radius 3 is 2.12 bits per heavy atom. The molecule has 5 heteroatoms. The Morgan fingerprint density at radius 1 is 0.812 bits per heavy atom. The molecule has 1 aliphatic heterocycles. The Bertz CT molecular complexity index is 1080. The van der Waals surface area contributed by atoms with E-state index >= 15 is 0 Å². The van der Waals surface area contributed by atoms with E-state index in [1.807, 2.05) is 54.6 Å². The highest BCUT2D eigenvalue weighted by Gasteiger charge is 2.37.